The zero-order chi connectivity index (χ0) is 18.1. The molecule has 1 aliphatic carbocycles. The SMILES string of the molecule is O=C(COc1ccc2c3c(c(=O)oc2c1)CCC3)Nc1ccccc1Cl. The zero-order valence-electron chi connectivity index (χ0n) is 13.9. The number of hydrogen-bond donors (Lipinski definition) is 1. The number of hydrogen-bond acceptors (Lipinski definition) is 4. The number of rotatable bonds is 4. The van der Waals surface area contributed by atoms with Crippen LogP contribution in [0.1, 0.15) is 17.5 Å². The molecular formula is C20H16ClNO4. The van der Waals surface area contributed by atoms with Crippen LogP contribution in [0.4, 0.5) is 5.69 Å². The van der Waals surface area contributed by atoms with Crippen molar-refractivity contribution in [2.45, 2.75) is 19.3 Å². The third-order valence-electron chi connectivity index (χ3n) is 4.46. The maximum absolute atomic E-state index is 12.1. The average molecular weight is 370 g/mol. The van der Waals surface area contributed by atoms with E-state index in [9.17, 15) is 9.59 Å². The lowest BCUT2D eigenvalue weighted by molar-refractivity contribution is -0.118. The molecule has 3 aromatic rings. The predicted molar refractivity (Wildman–Crippen MR) is 100 cm³/mol. The van der Waals surface area contributed by atoms with E-state index in [1.807, 2.05) is 6.07 Å². The van der Waals surface area contributed by atoms with E-state index in [0.29, 0.717) is 22.0 Å². The van der Waals surface area contributed by atoms with Crippen LogP contribution < -0.4 is 15.7 Å². The van der Waals surface area contributed by atoms with Crippen molar-refractivity contribution >= 4 is 34.2 Å². The number of carbonyl (C=O) groups excluding carboxylic acids is 1. The first-order valence-electron chi connectivity index (χ1n) is 8.37. The number of fused-ring (bicyclic) bond motifs is 3. The van der Waals surface area contributed by atoms with Crippen LogP contribution in [0.5, 0.6) is 5.75 Å². The maximum atomic E-state index is 12.1. The van der Waals surface area contributed by atoms with Gasteiger partial charge in [0.2, 0.25) is 0 Å². The van der Waals surface area contributed by atoms with Gasteiger partial charge in [-0.2, -0.15) is 0 Å². The minimum absolute atomic E-state index is 0.175. The Morgan fingerprint density at radius 2 is 1.96 bits per heavy atom. The van der Waals surface area contributed by atoms with Gasteiger partial charge in [-0.1, -0.05) is 23.7 Å². The van der Waals surface area contributed by atoms with E-state index in [-0.39, 0.29) is 18.1 Å². The molecule has 6 heteroatoms. The molecule has 1 amide bonds. The summed E-state index contributed by atoms with van der Waals surface area (Å²) in [5.74, 6) is 0.140. The Kier molecular flexibility index (Phi) is 4.39. The van der Waals surface area contributed by atoms with Crippen molar-refractivity contribution < 1.29 is 13.9 Å². The van der Waals surface area contributed by atoms with Gasteiger partial charge in [0.05, 0.1) is 10.7 Å². The van der Waals surface area contributed by atoms with Crippen molar-refractivity contribution in [1.29, 1.82) is 0 Å². The number of nitrogens with one attached hydrogen (secondary N) is 1. The lowest BCUT2D eigenvalue weighted by Crippen LogP contribution is -2.20. The van der Waals surface area contributed by atoms with Crippen molar-refractivity contribution in [1.82, 2.24) is 0 Å². The third kappa shape index (κ3) is 3.18. The molecule has 1 heterocycles. The molecule has 26 heavy (non-hydrogen) atoms. The van der Waals surface area contributed by atoms with Crippen molar-refractivity contribution in [3.8, 4) is 5.75 Å². The molecule has 0 fully saturated rings. The minimum atomic E-state index is -0.325. The van der Waals surface area contributed by atoms with Gasteiger partial charge < -0.3 is 14.5 Å². The van der Waals surface area contributed by atoms with Crippen LogP contribution in [0.25, 0.3) is 11.0 Å². The molecule has 1 aliphatic rings. The second kappa shape index (κ2) is 6.84. The number of carbonyl (C=O) groups is 1. The van der Waals surface area contributed by atoms with Gasteiger partial charge in [0, 0.05) is 17.0 Å². The van der Waals surface area contributed by atoms with Crippen molar-refractivity contribution in [3.63, 3.8) is 0 Å². The topological polar surface area (TPSA) is 68.5 Å². The monoisotopic (exact) mass is 369 g/mol. The number of halogens is 1. The van der Waals surface area contributed by atoms with Gasteiger partial charge in [-0.3, -0.25) is 4.79 Å². The molecule has 132 valence electrons. The summed E-state index contributed by atoms with van der Waals surface area (Å²) in [6.45, 7) is -0.175. The largest absolute Gasteiger partial charge is 0.484 e. The highest BCUT2D eigenvalue weighted by atomic mass is 35.5. The molecule has 0 unspecified atom stereocenters. The summed E-state index contributed by atoms with van der Waals surface area (Å²) in [5.41, 5.74) is 2.59. The van der Waals surface area contributed by atoms with Crippen LogP contribution in [0, 0.1) is 0 Å². The van der Waals surface area contributed by atoms with E-state index in [1.54, 1.807) is 36.4 Å². The van der Waals surface area contributed by atoms with Gasteiger partial charge in [0.1, 0.15) is 11.3 Å². The third-order valence-corrected chi connectivity index (χ3v) is 4.79. The average Bonchev–Trinajstić information content (AvgIpc) is 3.12. The van der Waals surface area contributed by atoms with E-state index in [4.69, 9.17) is 20.8 Å². The first-order chi connectivity index (χ1) is 12.6. The molecule has 0 aliphatic heterocycles. The molecule has 4 rings (SSSR count). The second-order valence-corrected chi connectivity index (χ2v) is 6.58. The number of anilines is 1. The van der Waals surface area contributed by atoms with Crippen LogP contribution in [0.3, 0.4) is 0 Å². The normalized spacial score (nSPS) is 12.8. The fraction of sp³-hybridized carbons (Fsp3) is 0.200. The molecule has 5 nitrogen and oxygen atoms in total. The summed E-state index contributed by atoms with van der Waals surface area (Å²) < 4.78 is 10.9. The molecule has 0 radical (unpaired) electrons. The van der Waals surface area contributed by atoms with Gasteiger partial charge in [-0.25, -0.2) is 4.79 Å². The van der Waals surface area contributed by atoms with Crippen LogP contribution in [0.2, 0.25) is 5.02 Å². The summed E-state index contributed by atoms with van der Waals surface area (Å²) >= 11 is 6.01. The minimum Gasteiger partial charge on any atom is -0.484 e. The second-order valence-electron chi connectivity index (χ2n) is 6.17. The van der Waals surface area contributed by atoms with Gasteiger partial charge in [0.25, 0.3) is 5.91 Å². The summed E-state index contributed by atoms with van der Waals surface area (Å²) in [7, 11) is 0. The number of aryl methyl sites for hydroxylation is 1. The molecule has 1 aromatic heterocycles. The molecular weight excluding hydrogens is 354 g/mol. The van der Waals surface area contributed by atoms with Gasteiger partial charge >= 0.3 is 5.63 Å². The lowest BCUT2D eigenvalue weighted by Gasteiger charge is -2.10. The quantitative estimate of drug-likeness (QED) is 0.707. The van der Waals surface area contributed by atoms with E-state index < -0.39 is 0 Å². The Labute approximate surface area is 154 Å². The smallest absolute Gasteiger partial charge is 0.339 e. The predicted octanol–water partition coefficient (Wildman–Crippen LogP) is 3.95. The molecule has 0 saturated carbocycles. The van der Waals surface area contributed by atoms with E-state index >= 15 is 0 Å². The van der Waals surface area contributed by atoms with Crippen LogP contribution in [0.15, 0.2) is 51.7 Å². The van der Waals surface area contributed by atoms with E-state index in [2.05, 4.69) is 5.32 Å². The number of ether oxygens (including phenoxy) is 1. The molecule has 0 saturated heterocycles. The van der Waals surface area contributed by atoms with Crippen LogP contribution in [-0.2, 0) is 17.6 Å². The highest BCUT2D eigenvalue weighted by Crippen LogP contribution is 2.29. The summed E-state index contributed by atoms with van der Waals surface area (Å²) in [6, 6.07) is 12.3. The maximum Gasteiger partial charge on any atom is 0.339 e. The zero-order valence-corrected chi connectivity index (χ0v) is 14.6. The summed E-state index contributed by atoms with van der Waals surface area (Å²) in [6.07, 6.45) is 2.63. The number of para-hydroxylation sites is 1. The highest BCUT2D eigenvalue weighted by Gasteiger charge is 2.19. The lowest BCUT2D eigenvalue weighted by atomic mass is 10.1. The van der Waals surface area contributed by atoms with Crippen LogP contribution in [-0.4, -0.2) is 12.5 Å². The first-order valence-corrected chi connectivity index (χ1v) is 8.75. The highest BCUT2D eigenvalue weighted by molar-refractivity contribution is 6.33. The Morgan fingerprint density at radius 3 is 2.81 bits per heavy atom. The Morgan fingerprint density at radius 1 is 1.15 bits per heavy atom. The first kappa shape index (κ1) is 16.7. The van der Waals surface area contributed by atoms with E-state index in [1.165, 1.54) is 0 Å². The number of amides is 1. The Bertz CT molecular complexity index is 1060. The molecule has 0 spiro atoms. The molecule has 0 atom stereocenters. The Hall–Kier alpha value is -2.79. The van der Waals surface area contributed by atoms with Crippen LogP contribution >= 0.6 is 11.6 Å². The summed E-state index contributed by atoms with van der Waals surface area (Å²) in [4.78, 5) is 24.1. The van der Waals surface area contributed by atoms with Gasteiger partial charge in [0.15, 0.2) is 6.61 Å². The molecule has 0 bridgehead atoms. The molecule has 1 N–H and O–H groups in total. The van der Waals surface area contributed by atoms with Gasteiger partial charge in [-0.05, 0) is 49.1 Å². The van der Waals surface area contributed by atoms with Crippen molar-refractivity contribution in [3.05, 3.63) is 69.0 Å². The Balaban J connectivity index is 1.49. The van der Waals surface area contributed by atoms with Gasteiger partial charge in [-0.15, -0.1) is 0 Å². The van der Waals surface area contributed by atoms with E-state index in [0.717, 1.165) is 35.8 Å². The summed E-state index contributed by atoms with van der Waals surface area (Å²) in [5, 5.41) is 4.09. The molecule has 2 aromatic carbocycles. The van der Waals surface area contributed by atoms with Crippen molar-refractivity contribution in [2.75, 3.05) is 11.9 Å². The standard InChI is InChI=1S/C20H16ClNO4/c21-16-6-1-2-7-17(16)22-19(23)11-25-12-8-9-14-13-4-3-5-15(13)20(24)26-18(14)10-12/h1-2,6-10H,3-5,11H2,(H,22,23). The number of benzene rings is 2. The fourth-order valence-electron chi connectivity index (χ4n) is 3.25. The fourth-order valence-corrected chi connectivity index (χ4v) is 3.43. The van der Waals surface area contributed by atoms with Crippen molar-refractivity contribution in [2.24, 2.45) is 0 Å².